The SMILES string of the molecule is O=C(NC1CCCC1)C(c1ccccc1)N(C(=O)c1ccco1)c1ccccc1F. The van der Waals surface area contributed by atoms with Crippen LogP contribution in [-0.2, 0) is 4.79 Å². The highest BCUT2D eigenvalue weighted by Gasteiger charge is 2.36. The summed E-state index contributed by atoms with van der Waals surface area (Å²) in [4.78, 5) is 28.0. The number of carbonyl (C=O) groups excluding carboxylic acids is 2. The van der Waals surface area contributed by atoms with Gasteiger partial charge in [-0.2, -0.15) is 0 Å². The third kappa shape index (κ3) is 4.13. The lowest BCUT2D eigenvalue weighted by atomic mass is 10.0. The molecular weight excluding hydrogens is 383 g/mol. The molecule has 5 nitrogen and oxygen atoms in total. The van der Waals surface area contributed by atoms with Gasteiger partial charge in [-0.05, 0) is 42.7 Å². The predicted molar refractivity (Wildman–Crippen MR) is 111 cm³/mol. The van der Waals surface area contributed by atoms with Crippen molar-refractivity contribution < 1.29 is 18.4 Å². The van der Waals surface area contributed by atoms with Gasteiger partial charge in [-0.1, -0.05) is 55.3 Å². The molecule has 1 N–H and O–H groups in total. The second-order valence-electron chi connectivity index (χ2n) is 7.41. The minimum absolute atomic E-state index is 0.0225. The molecular formula is C24H23FN2O3. The van der Waals surface area contributed by atoms with Crippen LogP contribution in [-0.4, -0.2) is 17.9 Å². The molecule has 4 rings (SSSR count). The quantitative estimate of drug-likeness (QED) is 0.636. The standard InChI is InChI=1S/C24H23FN2O3/c25-19-13-6-7-14-20(19)27(24(29)21-15-8-16-30-21)22(17-9-2-1-3-10-17)23(28)26-18-11-4-5-12-18/h1-3,6-10,13-16,18,22H,4-5,11-12H2,(H,26,28). The fraction of sp³-hybridized carbons (Fsp3) is 0.250. The minimum atomic E-state index is -1.04. The summed E-state index contributed by atoms with van der Waals surface area (Å²) in [6, 6.07) is 17.0. The molecule has 2 amide bonds. The van der Waals surface area contributed by atoms with Crippen molar-refractivity contribution in [3.63, 3.8) is 0 Å². The van der Waals surface area contributed by atoms with Crippen molar-refractivity contribution in [2.45, 2.75) is 37.8 Å². The molecule has 3 aromatic rings. The van der Waals surface area contributed by atoms with Crippen LogP contribution in [0, 0.1) is 5.82 Å². The van der Waals surface area contributed by atoms with E-state index in [0.29, 0.717) is 5.56 Å². The van der Waals surface area contributed by atoms with Crippen LogP contribution in [0.25, 0.3) is 0 Å². The largest absolute Gasteiger partial charge is 0.459 e. The van der Waals surface area contributed by atoms with Gasteiger partial charge in [-0.25, -0.2) is 4.39 Å². The maximum Gasteiger partial charge on any atom is 0.295 e. The van der Waals surface area contributed by atoms with Gasteiger partial charge in [0, 0.05) is 6.04 Å². The number of amides is 2. The Labute approximate surface area is 174 Å². The molecule has 1 saturated carbocycles. The number of furan rings is 1. The highest BCUT2D eigenvalue weighted by Crippen LogP contribution is 2.32. The summed E-state index contributed by atoms with van der Waals surface area (Å²) >= 11 is 0. The lowest BCUT2D eigenvalue weighted by Gasteiger charge is -2.32. The van der Waals surface area contributed by atoms with Gasteiger partial charge < -0.3 is 9.73 Å². The highest BCUT2D eigenvalue weighted by atomic mass is 19.1. The molecule has 1 unspecified atom stereocenters. The molecule has 1 aromatic heterocycles. The summed E-state index contributed by atoms with van der Waals surface area (Å²) in [5.74, 6) is -1.48. The van der Waals surface area contributed by atoms with Crippen LogP contribution in [0.2, 0.25) is 0 Å². The molecule has 1 atom stereocenters. The maximum atomic E-state index is 14.8. The first-order chi connectivity index (χ1) is 14.6. The predicted octanol–water partition coefficient (Wildman–Crippen LogP) is 4.87. The first kappa shape index (κ1) is 19.9. The van der Waals surface area contributed by atoms with Crippen LogP contribution in [0.1, 0.15) is 47.8 Å². The van der Waals surface area contributed by atoms with E-state index in [-0.39, 0.29) is 23.4 Å². The van der Waals surface area contributed by atoms with Gasteiger partial charge in [0.05, 0.1) is 12.0 Å². The number of hydrogen-bond acceptors (Lipinski definition) is 3. The van der Waals surface area contributed by atoms with Crippen molar-refractivity contribution in [1.82, 2.24) is 5.32 Å². The Morgan fingerprint density at radius 3 is 2.33 bits per heavy atom. The van der Waals surface area contributed by atoms with Crippen molar-refractivity contribution in [2.24, 2.45) is 0 Å². The monoisotopic (exact) mass is 406 g/mol. The van der Waals surface area contributed by atoms with Crippen LogP contribution >= 0.6 is 0 Å². The Morgan fingerprint density at radius 2 is 1.67 bits per heavy atom. The second-order valence-corrected chi connectivity index (χ2v) is 7.41. The summed E-state index contributed by atoms with van der Waals surface area (Å²) in [6.07, 6.45) is 5.30. The number of hydrogen-bond donors (Lipinski definition) is 1. The van der Waals surface area contributed by atoms with Gasteiger partial charge in [0.25, 0.3) is 5.91 Å². The summed E-state index contributed by atoms with van der Waals surface area (Å²) in [5.41, 5.74) is 0.616. The van der Waals surface area contributed by atoms with Crippen LogP contribution in [0.3, 0.4) is 0 Å². The van der Waals surface area contributed by atoms with Crippen LogP contribution in [0.4, 0.5) is 10.1 Å². The normalized spacial score (nSPS) is 15.0. The molecule has 0 aliphatic heterocycles. The Hall–Kier alpha value is -3.41. The number of nitrogens with one attached hydrogen (secondary N) is 1. The lowest BCUT2D eigenvalue weighted by molar-refractivity contribution is -0.123. The average Bonchev–Trinajstić information content (AvgIpc) is 3.47. The number of nitrogens with zero attached hydrogens (tertiary/aromatic N) is 1. The maximum absolute atomic E-state index is 14.8. The topological polar surface area (TPSA) is 62.6 Å². The minimum Gasteiger partial charge on any atom is -0.459 e. The highest BCUT2D eigenvalue weighted by molar-refractivity contribution is 6.08. The van der Waals surface area contributed by atoms with Crippen molar-refractivity contribution in [2.75, 3.05) is 4.90 Å². The van der Waals surface area contributed by atoms with Crippen LogP contribution < -0.4 is 10.2 Å². The molecule has 0 spiro atoms. The van der Waals surface area contributed by atoms with Gasteiger partial charge in [-0.3, -0.25) is 14.5 Å². The molecule has 0 radical (unpaired) electrons. The van der Waals surface area contributed by atoms with Crippen molar-refractivity contribution in [3.8, 4) is 0 Å². The van der Waals surface area contributed by atoms with Gasteiger partial charge >= 0.3 is 0 Å². The molecule has 30 heavy (non-hydrogen) atoms. The second kappa shape index (κ2) is 8.95. The molecule has 2 aromatic carbocycles. The zero-order valence-corrected chi connectivity index (χ0v) is 16.5. The smallest absolute Gasteiger partial charge is 0.295 e. The van der Waals surface area contributed by atoms with E-state index < -0.39 is 17.8 Å². The van der Waals surface area contributed by atoms with E-state index in [2.05, 4.69) is 5.32 Å². The molecule has 6 heteroatoms. The third-order valence-electron chi connectivity index (χ3n) is 5.39. The summed E-state index contributed by atoms with van der Waals surface area (Å²) < 4.78 is 20.1. The first-order valence-electron chi connectivity index (χ1n) is 10.1. The van der Waals surface area contributed by atoms with E-state index in [1.807, 2.05) is 6.07 Å². The summed E-state index contributed by atoms with van der Waals surface area (Å²) in [5, 5.41) is 3.06. The number of para-hydroxylation sites is 1. The van der Waals surface area contributed by atoms with E-state index in [0.717, 1.165) is 25.7 Å². The third-order valence-corrected chi connectivity index (χ3v) is 5.39. The van der Waals surface area contributed by atoms with Gasteiger partial charge in [-0.15, -0.1) is 0 Å². The number of anilines is 1. The molecule has 1 aliphatic carbocycles. The van der Waals surface area contributed by atoms with Gasteiger partial charge in [0.2, 0.25) is 5.91 Å². The van der Waals surface area contributed by atoms with E-state index in [1.165, 1.54) is 29.4 Å². The van der Waals surface area contributed by atoms with E-state index in [4.69, 9.17) is 4.42 Å². The fourth-order valence-electron chi connectivity index (χ4n) is 3.94. The Balaban J connectivity index is 1.80. The zero-order chi connectivity index (χ0) is 20.9. The summed E-state index contributed by atoms with van der Waals surface area (Å²) in [6.45, 7) is 0. The number of benzene rings is 2. The Kier molecular flexibility index (Phi) is 5.93. The molecule has 154 valence electrons. The lowest BCUT2D eigenvalue weighted by Crippen LogP contribution is -2.46. The van der Waals surface area contributed by atoms with E-state index >= 15 is 0 Å². The van der Waals surface area contributed by atoms with E-state index in [9.17, 15) is 14.0 Å². The first-order valence-corrected chi connectivity index (χ1v) is 10.1. The summed E-state index contributed by atoms with van der Waals surface area (Å²) in [7, 11) is 0. The van der Waals surface area contributed by atoms with Crippen molar-refractivity contribution >= 4 is 17.5 Å². The Bertz CT molecular complexity index is 998. The number of carbonyl (C=O) groups is 2. The zero-order valence-electron chi connectivity index (χ0n) is 16.5. The van der Waals surface area contributed by atoms with Crippen molar-refractivity contribution in [3.05, 3.63) is 90.1 Å². The van der Waals surface area contributed by atoms with Crippen LogP contribution in [0.5, 0.6) is 0 Å². The molecule has 1 aliphatic rings. The molecule has 1 fully saturated rings. The van der Waals surface area contributed by atoms with Crippen molar-refractivity contribution in [1.29, 1.82) is 0 Å². The van der Waals surface area contributed by atoms with E-state index in [1.54, 1.807) is 42.5 Å². The number of rotatable bonds is 6. The molecule has 0 bridgehead atoms. The molecule has 0 saturated heterocycles. The van der Waals surface area contributed by atoms with Gasteiger partial charge in [0.1, 0.15) is 11.9 Å². The van der Waals surface area contributed by atoms with Crippen LogP contribution in [0.15, 0.2) is 77.4 Å². The Morgan fingerprint density at radius 1 is 0.967 bits per heavy atom. The average molecular weight is 406 g/mol. The fourth-order valence-corrected chi connectivity index (χ4v) is 3.94. The molecule has 1 heterocycles. The number of halogens is 1. The van der Waals surface area contributed by atoms with Gasteiger partial charge in [0.15, 0.2) is 5.76 Å².